The minimum atomic E-state index is -3.72. The highest BCUT2D eigenvalue weighted by Gasteiger charge is 2.39. The number of sulfonamides is 1. The van der Waals surface area contributed by atoms with Crippen LogP contribution in [0.1, 0.15) is 17.3 Å². The lowest BCUT2D eigenvalue weighted by molar-refractivity contribution is 0.313. The molecule has 3 aromatic rings. The Morgan fingerprint density at radius 2 is 1.66 bits per heavy atom. The van der Waals surface area contributed by atoms with Crippen LogP contribution in [0.25, 0.3) is 0 Å². The number of para-hydroxylation sites is 2. The Bertz CT molecular complexity index is 1110. The van der Waals surface area contributed by atoms with Gasteiger partial charge in [-0.1, -0.05) is 73.3 Å². The zero-order valence-corrected chi connectivity index (χ0v) is 16.7. The van der Waals surface area contributed by atoms with Crippen LogP contribution in [0, 0.1) is 0 Å². The van der Waals surface area contributed by atoms with Crippen LogP contribution in [0.3, 0.4) is 0 Å². The molecule has 3 aromatic carbocycles. The van der Waals surface area contributed by atoms with Crippen LogP contribution in [0.15, 0.2) is 96.4 Å². The van der Waals surface area contributed by atoms with Crippen molar-refractivity contribution in [2.45, 2.75) is 17.6 Å². The van der Waals surface area contributed by atoms with Gasteiger partial charge < -0.3 is 10.1 Å². The van der Waals surface area contributed by atoms with Gasteiger partial charge in [-0.05, 0) is 23.8 Å². The van der Waals surface area contributed by atoms with E-state index in [1.807, 2.05) is 60.7 Å². The van der Waals surface area contributed by atoms with E-state index >= 15 is 0 Å². The van der Waals surface area contributed by atoms with Crippen molar-refractivity contribution in [3.8, 4) is 5.75 Å². The quantitative estimate of drug-likeness (QED) is 0.610. The summed E-state index contributed by atoms with van der Waals surface area (Å²) < 4.78 is 34.4. The molecule has 1 heterocycles. The number of hydrogen-bond acceptors (Lipinski definition) is 4. The van der Waals surface area contributed by atoms with Crippen molar-refractivity contribution in [3.63, 3.8) is 0 Å². The zero-order valence-electron chi connectivity index (χ0n) is 15.9. The van der Waals surface area contributed by atoms with Crippen LogP contribution >= 0.6 is 0 Å². The largest absolute Gasteiger partial charge is 0.489 e. The molecule has 29 heavy (non-hydrogen) atoms. The maximum absolute atomic E-state index is 13.5. The van der Waals surface area contributed by atoms with Crippen LogP contribution in [-0.4, -0.2) is 19.3 Å². The molecule has 0 aromatic heterocycles. The average Bonchev–Trinajstić information content (AvgIpc) is 2.75. The Labute approximate surface area is 171 Å². The number of ether oxygens (including phenoxy) is 1. The minimum absolute atomic E-state index is 0.241. The first-order valence-corrected chi connectivity index (χ1v) is 10.8. The lowest BCUT2D eigenvalue weighted by Crippen LogP contribution is -2.42. The summed E-state index contributed by atoms with van der Waals surface area (Å²) in [6.45, 7) is 4.27. The first kappa shape index (κ1) is 19.2. The smallest absolute Gasteiger partial charge is 0.247 e. The predicted molar refractivity (Wildman–Crippen MR) is 114 cm³/mol. The van der Waals surface area contributed by atoms with Crippen LogP contribution in [0.4, 0.5) is 5.69 Å². The van der Waals surface area contributed by atoms with Gasteiger partial charge in [-0.25, -0.2) is 8.42 Å². The summed E-state index contributed by atoms with van der Waals surface area (Å²) in [5.74, 6) is 0.623. The molecule has 148 valence electrons. The van der Waals surface area contributed by atoms with Crippen LogP contribution < -0.4 is 10.1 Å². The Morgan fingerprint density at radius 3 is 2.45 bits per heavy atom. The first-order chi connectivity index (χ1) is 14.1. The van der Waals surface area contributed by atoms with Gasteiger partial charge in [-0.2, -0.15) is 4.31 Å². The second-order valence-corrected chi connectivity index (χ2v) is 8.58. The van der Waals surface area contributed by atoms with Gasteiger partial charge in [-0.15, -0.1) is 0 Å². The van der Waals surface area contributed by atoms with Gasteiger partial charge in [0.25, 0.3) is 0 Å². The van der Waals surface area contributed by atoms with E-state index in [-0.39, 0.29) is 11.4 Å². The Hall–Kier alpha value is -3.09. The first-order valence-electron chi connectivity index (χ1n) is 9.35. The van der Waals surface area contributed by atoms with E-state index in [2.05, 4.69) is 11.9 Å². The van der Waals surface area contributed by atoms with E-state index in [1.54, 1.807) is 24.3 Å². The summed E-state index contributed by atoms with van der Waals surface area (Å²) >= 11 is 0. The third-order valence-corrected chi connectivity index (χ3v) is 6.67. The molecule has 1 aliphatic heterocycles. The summed E-state index contributed by atoms with van der Waals surface area (Å²) in [7, 11) is -3.72. The summed E-state index contributed by atoms with van der Waals surface area (Å²) in [6.07, 6.45) is 1.06. The molecule has 5 nitrogen and oxygen atoms in total. The van der Waals surface area contributed by atoms with Crippen molar-refractivity contribution in [1.29, 1.82) is 0 Å². The number of nitrogens with zero attached hydrogens (tertiary/aromatic N) is 1. The van der Waals surface area contributed by atoms with Crippen molar-refractivity contribution in [1.82, 2.24) is 4.31 Å². The van der Waals surface area contributed by atoms with Gasteiger partial charge in [-0.3, -0.25) is 0 Å². The van der Waals surface area contributed by atoms with E-state index in [1.165, 1.54) is 4.31 Å². The molecule has 1 N–H and O–H groups in total. The second-order valence-electron chi connectivity index (χ2n) is 6.72. The monoisotopic (exact) mass is 406 g/mol. The molecule has 1 atom stereocenters. The molecule has 0 saturated heterocycles. The SMILES string of the molecule is C=CCOc1ccccc1[C@@H]1Nc2ccccc2S(=O)(=O)N1Cc1ccccc1. The molecule has 4 rings (SSSR count). The van der Waals surface area contributed by atoms with E-state index in [4.69, 9.17) is 4.74 Å². The van der Waals surface area contributed by atoms with Gasteiger partial charge in [0.05, 0.1) is 5.69 Å². The highest BCUT2D eigenvalue weighted by Crippen LogP contribution is 2.41. The van der Waals surface area contributed by atoms with Gasteiger partial charge in [0, 0.05) is 12.1 Å². The van der Waals surface area contributed by atoms with Crippen molar-refractivity contribution in [3.05, 3.63) is 103 Å². The Balaban J connectivity index is 1.83. The molecule has 0 unspecified atom stereocenters. The molecule has 0 fully saturated rings. The van der Waals surface area contributed by atoms with Crippen LogP contribution in [-0.2, 0) is 16.6 Å². The lowest BCUT2D eigenvalue weighted by atomic mass is 10.1. The maximum Gasteiger partial charge on any atom is 0.247 e. The van der Waals surface area contributed by atoms with Gasteiger partial charge in [0.1, 0.15) is 23.4 Å². The van der Waals surface area contributed by atoms with E-state index in [9.17, 15) is 8.42 Å². The minimum Gasteiger partial charge on any atom is -0.489 e. The maximum atomic E-state index is 13.5. The Kier molecular flexibility index (Phi) is 5.38. The molecule has 0 saturated carbocycles. The summed E-state index contributed by atoms with van der Waals surface area (Å²) in [4.78, 5) is 0.275. The molecule has 0 aliphatic carbocycles. The molecule has 0 radical (unpaired) electrons. The molecular formula is C23H22N2O3S. The number of benzene rings is 3. The third-order valence-electron chi connectivity index (χ3n) is 4.81. The fraction of sp³-hybridized carbons (Fsp3) is 0.130. The molecular weight excluding hydrogens is 384 g/mol. The lowest BCUT2D eigenvalue weighted by Gasteiger charge is -2.38. The average molecular weight is 407 g/mol. The van der Waals surface area contributed by atoms with Crippen molar-refractivity contribution in [2.24, 2.45) is 0 Å². The number of anilines is 1. The topological polar surface area (TPSA) is 58.6 Å². The van der Waals surface area contributed by atoms with E-state index in [0.717, 1.165) is 11.1 Å². The van der Waals surface area contributed by atoms with E-state index in [0.29, 0.717) is 18.0 Å². The van der Waals surface area contributed by atoms with Gasteiger partial charge >= 0.3 is 0 Å². The molecule has 0 spiro atoms. The molecule has 0 bridgehead atoms. The van der Waals surface area contributed by atoms with Crippen LogP contribution in [0.5, 0.6) is 5.75 Å². The summed E-state index contributed by atoms with van der Waals surface area (Å²) in [5, 5.41) is 3.40. The highest BCUT2D eigenvalue weighted by atomic mass is 32.2. The highest BCUT2D eigenvalue weighted by molar-refractivity contribution is 7.89. The molecule has 0 amide bonds. The fourth-order valence-corrected chi connectivity index (χ4v) is 5.13. The van der Waals surface area contributed by atoms with Gasteiger partial charge in [0.2, 0.25) is 10.0 Å². The third kappa shape index (κ3) is 3.77. The normalized spacial score (nSPS) is 17.7. The molecule has 1 aliphatic rings. The number of nitrogens with one attached hydrogen (secondary N) is 1. The zero-order chi connectivity index (χ0) is 20.3. The number of rotatable bonds is 6. The standard InChI is InChI=1S/C23H22N2O3S/c1-2-16-28-21-14-8-6-12-19(21)23-24-20-13-7-9-15-22(20)29(26,27)25(23)17-18-10-4-3-5-11-18/h2-15,23-24H,1,16-17H2/t23-/m1/s1. The Morgan fingerprint density at radius 1 is 0.966 bits per heavy atom. The second kappa shape index (κ2) is 8.11. The number of hydrogen-bond donors (Lipinski definition) is 1. The van der Waals surface area contributed by atoms with E-state index < -0.39 is 16.2 Å². The van der Waals surface area contributed by atoms with Crippen molar-refractivity contribution >= 4 is 15.7 Å². The fourth-order valence-electron chi connectivity index (χ4n) is 3.45. The van der Waals surface area contributed by atoms with Gasteiger partial charge in [0.15, 0.2) is 0 Å². The predicted octanol–water partition coefficient (Wildman–Crippen LogP) is 4.57. The van der Waals surface area contributed by atoms with Crippen molar-refractivity contribution < 1.29 is 13.2 Å². The number of fused-ring (bicyclic) bond motifs is 1. The summed E-state index contributed by atoms with van der Waals surface area (Å²) in [6, 6.07) is 24.0. The van der Waals surface area contributed by atoms with Crippen molar-refractivity contribution in [2.75, 3.05) is 11.9 Å². The summed E-state index contributed by atoms with van der Waals surface area (Å²) in [5.41, 5.74) is 2.25. The van der Waals surface area contributed by atoms with Crippen LogP contribution in [0.2, 0.25) is 0 Å². The molecule has 6 heteroatoms.